The number of likely N-dealkylation sites (tertiary alicyclic amines) is 1. The second kappa shape index (κ2) is 15.0. The summed E-state index contributed by atoms with van der Waals surface area (Å²) in [5.74, 6) is -0.328. The van der Waals surface area contributed by atoms with Crippen molar-refractivity contribution in [2.24, 2.45) is 40.4 Å². The minimum Gasteiger partial charge on any atom is -0.497 e. The van der Waals surface area contributed by atoms with E-state index in [0.29, 0.717) is 46.9 Å². The van der Waals surface area contributed by atoms with Crippen molar-refractivity contribution in [3.05, 3.63) is 47.3 Å². The van der Waals surface area contributed by atoms with Crippen molar-refractivity contribution in [3.63, 3.8) is 0 Å². The molecule has 0 bridgehead atoms. The van der Waals surface area contributed by atoms with Crippen LogP contribution in [0, 0.1) is 40.4 Å². The van der Waals surface area contributed by atoms with Crippen LogP contribution in [0.2, 0.25) is 0 Å². The number of amides is 1. The standard InChI is InChI=1S/C43H53N3O8S/c1-8-26-19-43(26,41(50)51)20-36(47)35-16-29(21-46(35)40(49)31(42(4,5)6)17-39(48)54-28-13-24-12-25(24)14-28)53-37-18-33(34-22-55-38(45-34)11-23(2)3)44-32-15-27(52-7)9-10-30(32)37/h8-10,15,18,22-26,28-29,31,35H,1,11-14,16-17,19-21H2,2-7H3,(H,50,51)/t24?,25?,26?,28?,29?,31-,35+,43-/m1/s1. The number of hydrogen-bond acceptors (Lipinski definition) is 10. The number of thiazole rings is 1. The summed E-state index contributed by atoms with van der Waals surface area (Å²) in [5.41, 5.74) is 0.117. The van der Waals surface area contributed by atoms with E-state index in [-0.39, 0.29) is 49.5 Å². The molecule has 3 aliphatic carbocycles. The normalized spacial score (nSPS) is 27.4. The van der Waals surface area contributed by atoms with E-state index >= 15 is 0 Å². The SMILES string of the molecule is C=CC1C[C@]1(CC(=O)[C@@H]1CC(Oc2cc(-c3csc(CC(C)C)n3)nc3cc(OC)ccc23)CN1C(=O)[C@@H](CC(=O)OC1CC2CC2C1)C(C)(C)C)C(=O)O. The van der Waals surface area contributed by atoms with Crippen LogP contribution in [-0.4, -0.2) is 75.5 Å². The summed E-state index contributed by atoms with van der Waals surface area (Å²) in [6, 6.07) is 6.45. The average Bonchev–Trinajstić information content (AvgIpc) is 3.79. The van der Waals surface area contributed by atoms with Crippen molar-refractivity contribution >= 4 is 45.9 Å². The van der Waals surface area contributed by atoms with Crippen LogP contribution < -0.4 is 9.47 Å². The molecule has 1 N–H and O–H groups in total. The second-order valence-electron chi connectivity index (χ2n) is 17.7. The third-order valence-corrected chi connectivity index (χ3v) is 13.0. The van der Waals surface area contributed by atoms with Crippen LogP contribution in [0.4, 0.5) is 0 Å². The molecule has 55 heavy (non-hydrogen) atoms. The summed E-state index contributed by atoms with van der Waals surface area (Å²) < 4.78 is 18.2. The second-order valence-corrected chi connectivity index (χ2v) is 18.7. The summed E-state index contributed by atoms with van der Waals surface area (Å²) in [7, 11) is 1.59. The van der Waals surface area contributed by atoms with Gasteiger partial charge in [0.25, 0.3) is 0 Å². The highest BCUT2D eigenvalue weighted by molar-refractivity contribution is 7.09. The maximum atomic E-state index is 14.7. The average molecular weight is 772 g/mol. The van der Waals surface area contributed by atoms with Gasteiger partial charge < -0.3 is 24.2 Å². The molecule has 1 amide bonds. The summed E-state index contributed by atoms with van der Waals surface area (Å²) in [6.45, 7) is 13.9. The molecule has 12 heteroatoms. The third-order valence-electron chi connectivity index (χ3n) is 12.1. The van der Waals surface area contributed by atoms with Gasteiger partial charge in [0.2, 0.25) is 5.91 Å². The molecule has 4 aliphatic rings. The number of fused-ring (bicyclic) bond motifs is 2. The molecule has 3 aromatic rings. The monoisotopic (exact) mass is 771 g/mol. The van der Waals surface area contributed by atoms with E-state index < -0.39 is 40.8 Å². The zero-order valence-corrected chi connectivity index (χ0v) is 33.5. The molecule has 3 heterocycles. The fourth-order valence-corrected chi connectivity index (χ4v) is 9.73. The zero-order valence-electron chi connectivity index (χ0n) is 32.7. The van der Waals surface area contributed by atoms with Crippen molar-refractivity contribution in [1.82, 2.24) is 14.9 Å². The van der Waals surface area contributed by atoms with E-state index in [0.717, 1.165) is 35.4 Å². The molecular weight excluding hydrogens is 719 g/mol. The maximum absolute atomic E-state index is 14.7. The lowest BCUT2D eigenvalue weighted by Gasteiger charge is -2.35. The van der Waals surface area contributed by atoms with E-state index in [2.05, 4.69) is 20.4 Å². The van der Waals surface area contributed by atoms with Gasteiger partial charge in [0, 0.05) is 42.2 Å². The predicted molar refractivity (Wildman–Crippen MR) is 209 cm³/mol. The Balaban J connectivity index is 1.19. The van der Waals surface area contributed by atoms with E-state index in [1.165, 1.54) is 11.3 Å². The Morgan fingerprint density at radius 3 is 2.44 bits per heavy atom. The minimum atomic E-state index is -1.24. The number of pyridine rings is 1. The molecule has 0 radical (unpaired) electrons. The largest absolute Gasteiger partial charge is 0.497 e. The lowest BCUT2D eigenvalue weighted by atomic mass is 9.77. The number of carboxylic acid groups (broad SMARTS) is 1. The Hall–Kier alpha value is -4.32. The molecule has 1 aliphatic heterocycles. The number of rotatable bonds is 15. The zero-order chi connectivity index (χ0) is 39.4. The van der Waals surface area contributed by atoms with Crippen molar-refractivity contribution in [2.75, 3.05) is 13.7 Å². The topological polar surface area (TPSA) is 145 Å². The molecular formula is C43H53N3O8S. The van der Waals surface area contributed by atoms with Crippen LogP contribution in [-0.2, 0) is 30.3 Å². The first kappa shape index (κ1) is 38.9. The molecule has 1 aromatic carbocycles. The number of aliphatic carboxylic acids is 1. The number of ether oxygens (including phenoxy) is 3. The number of carboxylic acids is 1. The van der Waals surface area contributed by atoms with Crippen molar-refractivity contribution < 1.29 is 38.5 Å². The van der Waals surface area contributed by atoms with E-state index in [4.69, 9.17) is 24.2 Å². The highest BCUT2D eigenvalue weighted by atomic mass is 32.1. The number of benzene rings is 1. The quantitative estimate of drug-likeness (QED) is 0.122. The van der Waals surface area contributed by atoms with Crippen molar-refractivity contribution in [3.8, 4) is 22.9 Å². The van der Waals surface area contributed by atoms with E-state index in [1.807, 2.05) is 50.4 Å². The third kappa shape index (κ3) is 8.16. The Labute approximate surface area is 326 Å². The molecule has 7 atom stereocenters. The van der Waals surface area contributed by atoms with Gasteiger partial charge in [-0.05, 0) is 66.9 Å². The lowest BCUT2D eigenvalue weighted by Crippen LogP contribution is -2.48. The van der Waals surface area contributed by atoms with Crippen LogP contribution >= 0.6 is 11.3 Å². The molecule has 4 unspecified atom stereocenters. The number of nitrogens with zero attached hydrogens (tertiary/aromatic N) is 3. The number of carbonyl (C=O) groups excluding carboxylic acids is 3. The fraction of sp³-hybridized carbons (Fsp3) is 0.581. The molecule has 2 aromatic heterocycles. The van der Waals surface area contributed by atoms with Gasteiger partial charge in [0.05, 0.1) is 59.4 Å². The number of carbonyl (C=O) groups is 4. The van der Waals surface area contributed by atoms with Crippen LogP contribution in [0.5, 0.6) is 11.5 Å². The summed E-state index contributed by atoms with van der Waals surface area (Å²) >= 11 is 1.58. The first-order chi connectivity index (χ1) is 26.1. The number of Topliss-reactive ketones (excluding diaryl/α,β-unsaturated/α-hetero) is 1. The van der Waals surface area contributed by atoms with Gasteiger partial charge in [-0.15, -0.1) is 17.9 Å². The maximum Gasteiger partial charge on any atom is 0.310 e. The molecule has 3 saturated carbocycles. The van der Waals surface area contributed by atoms with Crippen LogP contribution in [0.25, 0.3) is 22.3 Å². The predicted octanol–water partition coefficient (Wildman–Crippen LogP) is 7.54. The molecule has 0 spiro atoms. The molecule has 7 rings (SSSR count). The van der Waals surface area contributed by atoms with E-state index in [1.54, 1.807) is 24.5 Å². The molecule has 1 saturated heterocycles. The summed E-state index contributed by atoms with van der Waals surface area (Å²) in [4.78, 5) is 66.1. The molecule has 11 nitrogen and oxygen atoms in total. The van der Waals surface area contributed by atoms with Gasteiger partial charge in [0.15, 0.2) is 5.78 Å². The van der Waals surface area contributed by atoms with E-state index in [9.17, 15) is 24.3 Å². The Morgan fingerprint density at radius 1 is 1.05 bits per heavy atom. The van der Waals surface area contributed by atoms with Gasteiger partial charge in [-0.2, -0.15) is 0 Å². The number of aromatic nitrogens is 2. The number of allylic oxidation sites excluding steroid dienone is 1. The van der Waals surface area contributed by atoms with Crippen LogP contribution in [0.3, 0.4) is 0 Å². The van der Waals surface area contributed by atoms with Gasteiger partial charge in [-0.1, -0.05) is 40.7 Å². The number of esters is 1. The first-order valence-corrected chi connectivity index (χ1v) is 20.4. The van der Waals surface area contributed by atoms with Gasteiger partial charge in [0.1, 0.15) is 23.7 Å². The van der Waals surface area contributed by atoms with Gasteiger partial charge in [-0.25, -0.2) is 9.97 Å². The number of methoxy groups -OCH3 is 1. The smallest absolute Gasteiger partial charge is 0.310 e. The number of ketones is 1. The van der Waals surface area contributed by atoms with Gasteiger partial charge >= 0.3 is 11.9 Å². The highest BCUT2D eigenvalue weighted by Crippen LogP contribution is 2.57. The first-order valence-electron chi connectivity index (χ1n) is 19.6. The lowest BCUT2D eigenvalue weighted by molar-refractivity contribution is -0.157. The van der Waals surface area contributed by atoms with Gasteiger partial charge in [-0.3, -0.25) is 19.2 Å². The molecule has 4 fully saturated rings. The highest BCUT2D eigenvalue weighted by Gasteiger charge is 2.61. The van der Waals surface area contributed by atoms with Crippen LogP contribution in [0.15, 0.2) is 42.3 Å². The summed E-state index contributed by atoms with van der Waals surface area (Å²) in [5, 5.41) is 13.9. The Morgan fingerprint density at radius 2 is 1.80 bits per heavy atom. The van der Waals surface area contributed by atoms with Crippen LogP contribution in [0.1, 0.15) is 84.6 Å². The fourth-order valence-electron chi connectivity index (χ4n) is 8.73. The Bertz CT molecular complexity index is 1990. The number of hydrogen-bond donors (Lipinski definition) is 1. The molecule has 294 valence electrons. The Kier molecular flexibility index (Phi) is 10.6. The summed E-state index contributed by atoms with van der Waals surface area (Å²) in [6.07, 6.45) is 4.83. The van der Waals surface area contributed by atoms with Crippen molar-refractivity contribution in [2.45, 2.75) is 104 Å². The minimum absolute atomic E-state index is 0.0817. The van der Waals surface area contributed by atoms with Crippen molar-refractivity contribution in [1.29, 1.82) is 0 Å².